The standard InChI is InChI=1S/C42H80O7/c1-5-9-13-17-21-22-23-24-27-31-35-41(39(45)46,34-30-26-19-15-11-7-3)42(40(47)48,49-36-32-28-20-16-12-8-4)37(38(43)44)33-29-25-18-14-10-6-2/h37H,5-36H2,1-4H3,(H,43,44)(H,45,46)(H,47,48)/p-3. The van der Waals surface area contributed by atoms with E-state index in [1.807, 2.05) is 0 Å². The normalized spacial score (nSPS) is 14.7. The molecule has 7 nitrogen and oxygen atoms in total. The third-order valence-corrected chi connectivity index (χ3v) is 10.8. The van der Waals surface area contributed by atoms with Crippen LogP contribution in [-0.2, 0) is 19.1 Å². The van der Waals surface area contributed by atoms with E-state index in [4.69, 9.17) is 4.74 Å². The third-order valence-electron chi connectivity index (χ3n) is 10.8. The number of carbonyl (C=O) groups is 3. The van der Waals surface area contributed by atoms with Crippen molar-refractivity contribution in [2.24, 2.45) is 11.3 Å². The molecule has 0 radical (unpaired) electrons. The Morgan fingerprint density at radius 1 is 0.449 bits per heavy atom. The minimum atomic E-state index is -2.57. The lowest BCUT2D eigenvalue weighted by Gasteiger charge is -2.56. The predicted molar refractivity (Wildman–Crippen MR) is 195 cm³/mol. The minimum Gasteiger partial charge on any atom is -0.550 e. The number of hydrogen-bond donors (Lipinski definition) is 0. The lowest BCUT2D eigenvalue weighted by Crippen LogP contribution is -2.72. The van der Waals surface area contributed by atoms with E-state index in [1.165, 1.54) is 32.1 Å². The number of carbonyl (C=O) groups excluding carboxylic acids is 3. The Bertz CT molecular complexity index is 815. The maximum atomic E-state index is 13.5. The van der Waals surface area contributed by atoms with Gasteiger partial charge in [-0.25, -0.2) is 0 Å². The number of ether oxygens (including phenoxy) is 1. The highest BCUT2D eigenvalue weighted by Gasteiger charge is 2.58. The first-order chi connectivity index (χ1) is 23.7. The Labute approximate surface area is 302 Å². The zero-order valence-electron chi connectivity index (χ0n) is 32.6. The summed E-state index contributed by atoms with van der Waals surface area (Å²) in [6, 6.07) is 0. The van der Waals surface area contributed by atoms with Crippen molar-refractivity contribution in [2.75, 3.05) is 6.61 Å². The van der Waals surface area contributed by atoms with Gasteiger partial charge in [0.2, 0.25) is 0 Å². The van der Waals surface area contributed by atoms with Gasteiger partial charge < -0.3 is 34.4 Å². The number of rotatable bonds is 38. The van der Waals surface area contributed by atoms with Gasteiger partial charge in [0, 0.05) is 23.9 Å². The Hall–Kier alpha value is -1.63. The van der Waals surface area contributed by atoms with Crippen LogP contribution in [0.4, 0.5) is 0 Å². The Balaban J connectivity index is 6.39. The quantitative estimate of drug-likeness (QED) is 0.0591. The maximum Gasteiger partial charge on any atom is 0.126 e. The molecule has 290 valence electrons. The van der Waals surface area contributed by atoms with Crippen LogP contribution in [-0.4, -0.2) is 30.1 Å². The minimum absolute atomic E-state index is 0.00838. The van der Waals surface area contributed by atoms with Gasteiger partial charge in [-0.1, -0.05) is 201 Å². The van der Waals surface area contributed by atoms with Gasteiger partial charge in [-0.3, -0.25) is 0 Å². The summed E-state index contributed by atoms with van der Waals surface area (Å²) in [4.78, 5) is 40.0. The molecule has 0 N–H and O–H groups in total. The van der Waals surface area contributed by atoms with E-state index < -0.39 is 34.8 Å². The van der Waals surface area contributed by atoms with Crippen LogP contribution in [0.3, 0.4) is 0 Å². The summed E-state index contributed by atoms with van der Waals surface area (Å²) in [6.07, 6.45) is 26.5. The van der Waals surface area contributed by atoms with Crippen LogP contribution in [0.5, 0.6) is 0 Å². The predicted octanol–water partition coefficient (Wildman–Crippen LogP) is 8.77. The van der Waals surface area contributed by atoms with Crippen LogP contribution in [0.1, 0.15) is 227 Å². The van der Waals surface area contributed by atoms with Crippen LogP contribution in [0.25, 0.3) is 0 Å². The van der Waals surface area contributed by atoms with Crippen molar-refractivity contribution in [2.45, 2.75) is 232 Å². The SMILES string of the molecule is CCCCCCCCCCCCC(CCCCCCCC)(C(=O)[O-])C(OCCCCCCCC)(C(=O)[O-])C(CCCCCCCC)C(=O)[O-]. The zero-order valence-corrected chi connectivity index (χ0v) is 32.6. The lowest BCUT2D eigenvalue weighted by atomic mass is 9.59. The largest absolute Gasteiger partial charge is 0.550 e. The molecule has 0 bridgehead atoms. The van der Waals surface area contributed by atoms with Gasteiger partial charge >= 0.3 is 0 Å². The molecule has 0 aliphatic carbocycles. The van der Waals surface area contributed by atoms with Gasteiger partial charge in [-0.05, 0) is 25.7 Å². The van der Waals surface area contributed by atoms with E-state index in [2.05, 4.69) is 27.7 Å². The van der Waals surface area contributed by atoms with Crippen LogP contribution >= 0.6 is 0 Å². The van der Waals surface area contributed by atoms with E-state index >= 15 is 0 Å². The molecule has 0 heterocycles. The summed E-state index contributed by atoms with van der Waals surface area (Å²) >= 11 is 0. The van der Waals surface area contributed by atoms with Crippen molar-refractivity contribution in [1.29, 1.82) is 0 Å². The van der Waals surface area contributed by atoms with Gasteiger partial charge in [0.1, 0.15) is 5.60 Å². The van der Waals surface area contributed by atoms with Gasteiger partial charge in [0.25, 0.3) is 0 Å². The fraction of sp³-hybridized carbons (Fsp3) is 0.929. The maximum absolute atomic E-state index is 13.5. The van der Waals surface area contributed by atoms with Crippen molar-refractivity contribution in [3.8, 4) is 0 Å². The monoisotopic (exact) mass is 694 g/mol. The van der Waals surface area contributed by atoms with Crippen LogP contribution in [0, 0.1) is 11.3 Å². The van der Waals surface area contributed by atoms with Crippen LogP contribution < -0.4 is 15.3 Å². The van der Waals surface area contributed by atoms with E-state index in [0.29, 0.717) is 25.7 Å². The third kappa shape index (κ3) is 19.0. The Kier molecular flexibility index (Phi) is 30.1. The summed E-state index contributed by atoms with van der Waals surface area (Å²) in [5, 5.41) is 40.0. The Morgan fingerprint density at radius 2 is 0.776 bits per heavy atom. The average molecular weight is 694 g/mol. The second kappa shape index (κ2) is 31.1. The summed E-state index contributed by atoms with van der Waals surface area (Å²) in [7, 11) is 0. The zero-order chi connectivity index (χ0) is 36.6. The molecule has 0 aliphatic rings. The summed E-state index contributed by atoms with van der Waals surface area (Å²) in [5.74, 6) is -6.50. The van der Waals surface area contributed by atoms with Crippen LogP contribution in [0.2, 0.25) is 0 Å². The van der Waals surface area contributed by atoms with Crippen molar-refractivity contribution in [3.05, 3.63) is 0 Å². The fourth-order valence-electron chi connectivity index (χ4n) is 7.67. The molecule has 0 fully saturated rings. The molecule has 7 heteroatoms. The highest BCUT2D eigenvalue weighted by Crippen LogP contribution is 2.49. The molecular weight excluding hydrogens is 616 g/mol. The van der Waals surface area contributed by atoms with Crippen molar-refractivity contribution >= 4 is 17.9 Å². The number of carboxylic acid groups (broad SMARTS) is 3. The molecule has 0 aromatic rings. The number of aliphatic carboxylic acids is 3. The van der Waals surface area contributed by atoms with Crippen molar-refractivity contribution in [3.63, 3.8) is 0 Å². The molecule has 0 saturated carbocycles. The number of unbranched alkanes of at least 4 members (excludes halogenated alkanes) is 24. The first-order valence-corrected chi connectivity index (χ1v) is 21.0. The van der Waals surface area contributed by atoms with E-state index in [0.717, 1.165) is 122 Å². The summed E-state index contributed by atoms with van der Waals surface area (Å²) < 4.78 is 6.28. The van der Waals surface area contributed by atoms with Gasteiger partial charge in [0.05, 0.1) is 11.9 Å². The second-order valence-corrected chi connectivity index (χ2v) is 14.9. The number of carboxylic acids is 3. The first kappa shape index (κ1) is 47.4. The first-order valence-electron chi connectivity index (χ1n) is 21.0. The molecule has 3 unspecified atom stereocenters. The highest BCUT2D eigenvalue weighted by molar-refractivity contribution is 5.92. The molecule has 0 aromatic carbocycles. The van der Waals surface area contributed by atoms with Gasteiger partial charge in [-0.2, -0.15) is 0 Å². The van der Waals surface area contributed by atoms with E-state index in [1.54, 1.807) is 0 Å². The molecule has 49 heavy (non-hydrogen) atoms. The molecule has 0 saturated heterocycles. The summed E-state index contributed by atoms with van der Waals surface area (Å²) in [6.45, 7) is 8.56. The summed E-state index contributed by atoms with van der Waals surface area (Å²) in [5.41, 5.74) is -4.61. The second-order valence-electron chi connectivity index (χ2n) is 14.9. The van der Waals surface area contributed by atoms with Gasteiger partial charge in [0.15, 0.2) is 0 Å². The van der Waals surface area contributed by atoms with Crippen LogP contribution in [0.15, 0.2) is 0 Å². The van der Waals surface area contributed by atoms with Crippen molar-refractivity contribution < 1.29 is 34.4 Å². The topological polar surface area (TPSA) is 130 Å². The highest BCUT2D eigenvalue weighted by atomic mass is 16.5. The van der Waals surface area contributed by atoms with E-state index in [9.17, 15) is 29.7 Å². The van der Waals surface area contributed by atoms with Gasteiger partial charge in [-0.15, -0.1) is 0 Å². The molecule has 0 rings (SSSR count). The fourth-order valence-corrected chi connectivity index (χ4v) is 7.67. The van der Waals surface area contributed by atoms with Crippen molar-refractivity contribution in [1.82, 2.24) is 0 Å². The number of hydrogen-bond acceptors (Lipinski definition) is 7. The molecule has 0 amide bonds. The lowest BCUT2D eigenvalue weighted by molar-refractivity contribution is -0.369. The molecule has 0 spiro atoms. The smallest absolute Gasteiger partial charge is 0.126 e. The Morgan fingerprint density at radius 3 is 1.10 bits per heavy atom. The molecular formula is C42H77O7-3. The molecule has 3 atom stereocenters. The molecule has 0 aromatic heterocycles. The average Bonchev–Trinajstić information content (AvgIpc) is 3.07. The van der Waals surface area contributed by atoms with E-state index in [-0.39, 0.29) is 25.9 Å². The molecule has 0 aliphatic heterocycles.